The second kappa shape index (κ2) is 12.9. The van der Waals surface area contributed by atoms with E-state index in [1.54, 1.807) is 0 Å². The van der Waals surface area contributed by atoms with E-state index in [2.05, 4.69) is 66.7 Å². The predicted octanol–water partition coefficient (Wildman–Crippen LogP) is 10.9. The Bertz CT molecular complexity index is 1990. The molecule has 252 valence electrons. The van der Waals surface area contributed by atoms with Crippen LogP contribution in [-0.4, -0.2) is 11.6 Å². The number of esters is 1. The monoisotopic (exact) mass is 646 g/mol. The summed E-state index contributed by atoms with van der Waals surface area (Å²) in [4.78, 5) is 26.7. The Hall–Kier alpha value is -4.38. The second-order valence-corrected chi connectivity index (χ2v) is 15.0. The molecule has 5 nitrogen and oxygen atoms in total. The largest absolute Gasteiger partial charge is 0.488 e. The fraction of sp³-hybridized carbons (Fsp3) is 0.395. The van der Waals surface area contributed by atoms with Gasteiger partial charge in [-0.1, -0.05) is 84.9 Å². The molecule has 4 aromatic carbocycles. The maximum Gasteiger partial charge on any atom is 0.316 e. The Morgan fingerprint density at radius 2 is 1.00 bits per heavy atom. The maximum atomic E-state index is 14.1. The molecule has 5 heteroatoms. The summed E-state index contributed by atoms with van der Waals surface area (Å²) < 4.78 is 18.2. The van der Waals surface area contributed by atoms with Crippen molar-refractivity contribution in [2.24, 2.45) is 5.41 Å². The van der Waals surface area contributed by atoms with E-state index in [0.717, 1.165) is 40.8 Å². The third kappa shape index (κ3) is 6.65. The molecule has 0 aliphatic heterocycles. The van der Waals surface area contributed by atoms with E-state index < -0.39 is 10.8 Å². The minimum Gasteiger partial charge on any atom is -0.488 e. The van der Waals surface area contributed by atoms with Gasteiger partial charge < -0.3 is 13.9 Å². The number of ether oxygens (including phenoxy) is 2. The van der Waals surface area contributed by atoms with E-state index in [-0.39, 0.29) is 22.4 Å². The van der Waals surface area contributed by atoms with E-state index in [4.69, 9.17) is 13.9 Å². The lowest BCUT2D eigenvalue weighted by molar-refractivity contribution is -0.144. The standard InChI is InChI=1S/C43H50O5/c1-11-40(4,5)39(45)46-32-20-14-28(15-21-32)41(6,7)30-18-24-36-34(26-30)38(44)35-27-31(19-25-37(35)47-36)42(8,9)29-16-22-33(23-17-29)48-43(10,12-2)13-3/h14-27H,11-13H2,1-10H3. The van der Waals surface area contributed by atoms with Crippen LogP contribution < -0.4 is 14.9 Å². The zero-order valence-corrected chi connectivity index (χ0v) is 30.2. The van der Waals surface area contributed by atoms with Gasteiger partial charge in [0, 0.05) is 10.8 Å². The molecule has 0 fully saturated rings. The summed E-state index contributed by atoms with van der Waals surface area (Å²) in [5, 5.41) is 1.11. The summed E-state index contributed by atoms with van der Waals surface area (Å²) in [5.74, 6) is 1.14. The Kier molecular flexibility index (Phi) is 9.40. The van der Waals surface area contributed by atoms with Crippen molar-refractivity contribution >= 4 is 27.9 Å². The Balaban J connectivity index is 1.46. The normalized spacial score (nSPS) is 12.8. The molecule has 0 saturated carbocycles. The fourth-order valence-corrected chi connectivity index (χ4v) is 5.91. The van der Waals surface area contributed by atoms with Gasteiger partial charge in [0.2, 0.25) is 5.43 Å². The van der Waals surface area contributed by atoms with Crippen molar-refractivity contribution < 1.29 is 18.7 Å². The van der Waals surface area contributed by atoms with E-state index in [9.17, 15) is 9.59 Å². The lowest BCUT2D eigenvalue weighted by Gasteiger charge is -2.30. The highest BCUT2D eigenvalue weighted by Gasteiger charge is 2.29. The van der Waals surface area contributed by atoms with Gasteiger partial charge in [-0.25, -0.2) is 0 Å². The molecule has 0 spiro atoms. The minimum atomic E-state index is -0.545. The van der Waals surface area contributed by atoms with Gasteiger partial charge in [0.05, 0.1) is 16.2 Å². The molecular formula is C43H50O5. The first-order chi connectivity index (χ1) is 22.5. The molecule has 0 N–H and O–H groups in total. The van der Waals surface area contributed by atoms with Crippen molar-refractivity contribution in [1.82, 2.24) is 0 Å². The van der Waals surface area contributed by atoms with Crippen LogP contribution in [0, 0.1) is 5.41 Å². The average molecular weight is 647 g/mol. The molecule has 0 unspecified atom stereocenters. The maximum absolute atomic E-state index is 14.1. The first-order valence-corrected chi connectivity index (χ1v) is 17.2. The Morgan fingerprint density at radius 3 is 1.42 bits per heavy atom. The molecule has 0 radical (unpaired) electrons. The molecule has 0 bridgehead atoms. The highest BCUT2D eigenvalue weighted by Crippen LogP contribution is 2.37. The van der Waals surface area contributed by atoms with Crippen molar-refractivity contribution in [2.45, 2.75) is 105 Å². The van der Waals surface area contributed by atoms with Gasteiger partial charge in [-0.2, -0.15) is 0 Å². The van der Waals surface area contributed by atoms with Crippen LogP contribution >= 0.6 is 0 Å². The van der Waals surface area contributed by atoms with Crippen LogP contribution in [0.2, 0.25) is 0 Å². The highest BCUT2D eigenvalue weighted by molar-refractivity contribution is 5.90. The molecule has 0 aliphatic rings. The fourth-order valence-electron chi connectivity index (χ4n) is 5.91. The van der Waals surface area contributed by atoms with Crippen LogP contribution in [0.15, 0.2) is 94.1 Å². The van der Waals surface area contributed by atoms with Crippen molar-refractivity contribution in [1.29, 1.82) is 0 Å². The first-order valence-electron chi connectivity index (χ1n) is 17.2. The molecule has 5 aromatic rings. The zero-order valence-electron chi connectivity index (χ0n) is 30.2. The summed E-state index contributed by atoms with van der Waals surface area (Å²) in [7, 11) is 0. The Morgan fingerprint density at radius 1 is 0.583 bits per heavy atom. The molecule has 5 rings (SSSR count). The summed E-state index contributed by atoms with van der Waals surface area (Å²) in [5.41, 5.74) is 3.75. The smallest absolute Gasteiger partial charge is 0.316 e. The SMILES string of the molecule is CCC(C)(CC)Oc1ccc(C(C)(C)c2ccc3oc4ccc(C(C)(C)c5ccc(OC(=O)C(C)(C)CC)cc5)cc4c(=O)c3c2)cc1. The van der Waals surface area contributed by atoms with Crippen molar-refractivity contribution in [2.75, 3.05) is 0 Å². The summed E-state index contributed by atoms with van der Waals surface area (Å²) >= 11 is 0. The van der Waals surface area contributed by atoms with Crippen LogP contribution in [0.1, 0.15) is 111 Å². The number of hydrogen-bond acceptors (Lipinski definition) is 5. The van der Waals surface area contributed by atoms with Crippen LogP contribution in [0.3, 0.4) is 0 Å². The molecule has 1 heterocycles. The van der Waals surface area contributed by atoms with Gasteiger partial charge in [-0.05, 0) is 111 Å². The topological polar surface area (TPSA) is 65.7 Å². The Labute approximate surface area is 285 Å². The number of benzene rings is 4. The van der Waals surface area contributed by atoms with Gasteiger partial charge in [-0.3, -0.25) is 9.59 Å². The van der Waals surface area contributed by atoms with Gasteiger partial charge >= 0.3 is 5.97 Å². The minimum absolute atomic E-state index is 0.0514. The number of carbonyl (C=O) groups is 1. The van der Waals surface area contributed by atoms with Crippen LogP contribution in [0.4, 0.5) is 0 Å². The molecule has 48 heavy (non-hydrogen) atoms. The average Bonchev–Trinajstić information content (AvgIpc) is 3.08. The van der Waals surface area contributed by atoms with E-state index >= 15 is 0 Å². The van der Waals surface area contributed by atoms with Crippen molar-refractivity contribution in [3.05, 3.63) is 117 Å². The van der Waals surface area contributed by atoms with Crippen molar-refractivity contribution in [3.8, 4) is 11.5 Å². The van der Waals surface area contributed by atoms with Gasteiger partial charge in [0.1, 0.15) is 28.3 Å². The first kappa shape index (κ1) is 34.9. The molecule has 0 saturated heterocycles. The quantitative estimate of drug-likeness (QED) is 0.0811. The highest BCUT2D eigenvalue weighted by atomic mass is 16.5. The van der Waals surface area contributed by atoms with Gasteiger partial charge in [-0.15, -0.1) is 0 Å². The van der Waals surface area contributed by atoms with Crippen LogP contribution in [0.25, 0.3) is 21.9 Å². The third-order valence-corrected chi connectivity index (χ3v) is 10.8. The van der Waals surface area contributed by atoms with Crippen LogP contribution in [0.5, 0.6) is 11.5 Å². The summed E-state index contributed by atoms with van der Waals surface area (Å²) in [6, 6.07) is 27.7. The van der Waals surface area contributed by atoms with Crippen LogP contribution in [-0.2, 0) is 15.6 Å². The van der Waals surface area contributed by atoms with E-state index in [0.29, 0.717) is 34.1 Å². The molecule has 0 atom stereocenters. The number of hydrogen-bond donors (Lipinski definition) is 0. The zero-order chi connectivity index (χ0) is 35.1. The summed E-state index contributed by atoms with van der Waals surface area (Å²) in [6.45, 7) is 20.8. The van der Waals surface area contributed by atoms with E-state index in [1.165, 1.54) is 0 Å². The molecule has 0 amide bonds. The lowest BCUT2D eigenvalue weighted by Crippen LogP contribution is -2.30. The third-order valence-electron chi connectivity index (χ3n) is 10.8. The molecule has 0 aliphatic carbocycles. The van der Waals surface area contributed by atoms with Crippen molar-refractivity contribution in [3.63, 3.8) is 0 Å². The van der Waals surface area contributed by atoms with Gasteiger partial charge in [0.25, 0.3) is 0 Å². The molecule has 1 aromatic heterocycles. The predicted molar refractivity (Wildman–Crippen MR) is 196 cm³/mol. The summed E-state index contributed by atoms with van der Waals surface area (Å²) in [6.07, 6.45) is 2.57. The van der Waals surface area contributed by atoms with Gasteiger partial charge in [0.15, 0.2) is 0 Å². The number of fused-ring (bicyclic) bond motifs is 2. The lowest BCUT2D eigenvalue weighted by atomic mass is 9.77. The second-order valence-electron chi connectivity index (χ2n) is 15.0. The van der Waals surface area contributed by atoms with E-state index in [1.807, 2.05) is 87.5 Å². The number of rotatable bonds is 11. The number of carbonyl (C=O) groups excluding carboxylic acids is 1. The molecular weight excluding hydrogens is 596 g/mol.